The quantitative estimate of drug-likeness (QED) is 0.516. The second kappa shape index (κ2) is 9.10. The van der Waals surface area contributed by atoms with Crippen LogP contribution < -0.4 is 4.74 Å². The fraction of sp³-hybridized carbons (Fsp3) is 0.375. The van der Waals surface area contributed by atoms with Gasteiger partial charge in [-0.05, 0) is 60.2 Å². The van der Waals surface area contributed by atoms with E-state index in [2.05, 4.69) is 43.1 Å². The summed E-state index contributed by atoms with van der Waals surface area (Å²) < 4.78 is 11.4. The number of benzene rings is 2. The molecule has 3 aromatic rings. The van der Waals surface area contributed by atoms with E-state index in [1.807, 2.05) is 38.1 Å². The number of hydrogen-bond acceptors (Lipinski definition) is 5. The molecular weight excluding hydrogens is 414 g/mol. The molecule has 0 bridgehead atoms. The maximum Gasteiger partial charge on any atom is 0.260 e. The van der Waals surface area contributed by atoms with Gasteiger partial charge in [0.25, 0.3) is 5.91 Å². The molecule has 7 heteroatoms. The molecule has 0 N–H and O–H groups in total. The van der Waals surface area contributed by atoms with E-state index in [0.29, 0.717) is 22.6 Å². The first-order chi connectivity index (χ1) is 14.5. The number of amides is 1. The fourth-order valence-corrected chi connectivity index (χ4v) is 3.19. The molecule has 0 spiro atoms. The molecule has 6 nitrogen and oxygen atoms in total. The van der Waals surface area contributed by atoms with Crippen LogP contribution in [-0.2, 0) is 16.8 Å². The summed E-state index contributed by atoms with van der Waals surface area (Å²) in [6, 6.07) is 11.7. The van der Waals surface area contributed by atoms with Crippen LogP contribution in [0.5, 0.6) is 5.75 Å². The molecule has 0 aliphatic carbocycles. The van der Waals surface area contributed by atoms with Crippen molar-refractivity contribution in [3.8, 4) is 17.2 Å². The highest BCUT2D eigenvalue weighted by Crippen LogP contribution is 2.27. The summed E-state index contributed by atoms with van der Waals surface area (Å²) in [5.74, 6) is 1.21. The summed E-state index contributed by atoms with van der Waals surface area (Å²) in [5.41, 5.74) is 3.97. The number of likely N-dealkylation sites (N-methyl/N-ethyl adjacent to an activating group) is 1. The van der Waals surface area contributed by atoms with E-state index >= 15 is 0 Å². The number of aryl methyl sites for hydroxylation is 2. The largest absolute Gasteiger partial charge is 0.484 e. The van der Waals surface area contributed by atoms with Gasteiger partial charge in [0.2, 0.25) is 11.8 Å². The number of carbonyl (C=O) groups excluding carboxylic acids is 1. The molecule has 0 unspecified atom stereocenters. The second-order valence-electron chi connectivity index (χ2n) is 8.74. The molecule has 0 aliphatic rings. The summed E-state index contributed by atoms with van der Waals surface area (Å²) in [7, 11) is 1.67. The van der Waals surface area contributed by atoms with Crippen molar-refractivity contribution in [2.45, 2.75) is 46.6 Å². The van der Waals surface area contributed by atoms with E-state index in [1.165, 1.54) is 10.5 Å². The number of halogens is 1. The number of aromatic nitrogens is 2. The lowest BCUT2D eigenvalue weighted by Gasteiger charge is -2.18. The van der Waals surface area contributed by atoms with E-state index in [4.69, 9.17) is 20.8 Å². The third-order valence-electron chi connectivity index (χ3n) is 5.04. The van der Waals surface area contributed by atoms with Crippen LogP contribution >= 0.6 is 11.6 Å². The first kappa shape index (κ1) is 22.8. The van der Waals surface area contributed by atoms with Crippen molar-refractivity contribution in [3.05, 3.63) is 64.0 Å². The predicted octanol–water partition coefficient (Wildman–Crippen LogP) is 5.34. The average molecular weight is 442 g/mol. The standard InChI is InChI=1S/C24H28ClN3O3/c1-15-11-19(12-16(2)22(15)25)30-14-21(29)28(6)13-20-26-27-23(31-20)17-7-9-18(10-8-17)24(3,4)5/h7-12H,13-14H2,1-6H3. The van der Waals surface area contributed by atoms with Gasteiger partial charge in [-0.2, -0.15) is 0 Å². The van der Waals surface area contributed by atoms with Gasteiger partial charge in [0.05, 0.1) is 6.54 Å². The summed E-state index contributed by atoms with van der Waals surface area (Å²) in [4.78, 5) is 13.9. The van der Waals surface area contributed by atoms with Gasteiger partial charge in [-0.3, -0.25) is 4.79 Å². The zero-order valence-corrected chi connectivity index (χ0v) is 19.6. The Morgan fingerprint density at radius 1 is 1.10 bits per heavy atom. The Bertz CT molecular complexity index is 1050. The molecule has 3 rings (SSSR count). The molecule has 2 aromatic carbocycles. The Morgan fingerprint density at radius 3 is 2.29 bits per heavy atom. The fourth-order valence-electron chi connectivity index (χ4n) is 3.08. The minimum Gasteiger partial charge on any atom is -0.484 e. The van der Waals surface area contributed by atoms with Crippen LogP contribution in [0.3, 0.4) is 0 Å². The molecule has 0 radical (unpaired) electrons. The van der Waals surface area contributed by atoms with Crippen molar-refractivity contribution in [2.24, 2.45) is 0 Å². The van der Waals surface area contributed by atoms with Crippen LogP contribution in [-0.4, -0.2) is 34.7 Å². The van der Waals surface area contributed by atoms with Crippen LogP contribution in [0, 0.1) is 13.8 Å². The van der Waals surface area contributed by atoms with Gasteiger partial charge in [-0.15, -0.1) is 10.2 Å². The molecule has 0 saturated carbocycles. The normalized spacial score (nSPS) is 11.5. The highest BCUT2D eigenvalue weighted by molar-refractivity contribution is 6.32. The Morgan fingerprint density at radius 2 is 1.71 bits per heavy atom. The molecule has 1 heterocycles. The van der Waals surface area contributed by atoms with Crippen LogP contribution in [0.2, 0.25) is 5.02 Å². The Kier molecular flexibility index (Phi) is 6.70. The molecule has 164 valence electrons. The molecular formula is C24H28ClN3O3. The highest BCUT2D eigenvalue weighted by Gasteiger charge is 2.17. The third-order valence-corrected chi connectivity index (χ3v) is 5.63. The van der Waals surface area contributed by atoms with Gasteiger partial charge in [0.15, 0.2) is 6.61 Å². The van der Waals surface area contributed by atoms with Gasteiger partial charge in [0.1, 0.15) is 5.75 Å². The van der Waals surface area contributed by atoms with Crippen molar-refractivity contribution in [1.29, 1.82) is 0 Å². The van der Waals surface area contributed by atoms with Gasteiger partial charge in [-0.1, -0.05) is 44.5 Å². The summed E-state index contributed by atoms with van der Waals surface area (Å²) >= 11 is 6.17. The van der Waals surface area contributed by atoms with Gasteiger partial charge in [0, 0.05) is 17.6 Å². The molecule has 31 heavy (non-hydrogen) atoms. The molecule has 1 amide bonds. The average Bonchev–Trinajstić information content (AvgIpc) is 3.18. The zero-order chi connectivity index (χ0) is 22.8. The topological polar surface area (TPSA) is 68.5 Å². The smallest absolute Gasteiger partial charge is 0.260 e. The van der Waals surface area contributed by atoms with E-state index in [9.17, 15) is 4.79 Å². The van der Waals surface area contributed by atoms with Crippen molar-refractivity contribution in [2.75, 3.05) is 13.7 Å². The first-order valence-electron chi connectivity index (χ1n) is 10.1. The Labute approximate surface area is 188 Å². The van der Waals surface area contributed by atoms with Crippen LogP contribution in [0.4, 0.5) is 0 Å². The monoisotopic (exact) mass is 441 g/mol. The summed E-state index contributed by atoms with van der Waals surface area (Å²) in [6.45, 7) is 10.4. The SMILES string of the molecule is Cc1cc(OCC(=O)N(C)Cc2nnc(-c3ccc(C(C)(C)C)cc3)o2)cc(C)c1Cl. The summed E-state index contributed by atoms with van der Waals surface area (Å²) in [5, 5.41) is 8.89. The number of nitrogens with zero attached hydrogens (tertiary/aromatic N) is 3. The van der Waals surface area contributed by atoms with Crippen LogP contribution in [0.15, 0.2) is 40.8 Å². The van der Waals surface area contributed by atoms with Gasteiger partial charge >= 0.3 is 0 Å². The van der Waals surface area contributed by atoms with Crippen molar-refractivity contribution < 1.29 is 13.9 Å². The van der Waals surface area contributed by atoms with Crippen molar-refractivity contribution >= 4 is 17.5 Å². The highest BCUT2D eigenvalue weighted by atomic mass is 35.5. The van der Waals surface area contributed by atoms with E-state index in [1.54, 1.807) is 7.05 Å². The third kappa shape index (κ3) is 5.64. The predicted molar refractivity (Wildman–Crippen MR) is 121 cm³/mol. The number of ether oxygens (including phenoxy) is 1. The maximum atomic E-state index is 12.5. The van der Waals surface area contributed by atoms with Crippen molar-refractivity contribution in [1.82, 2.24) is 15.1 Å². The number of carbonyl (C=O) groups is 1. The van der Waals surface area contributed by atoms with Gasteiger partial charge in [-0.25, -0.2) is 0 Å². The van der Waals surface area contributed by atoms with Crippen molar-refractivity contribution in [3.63, 3.8) is 0 Å². The molecule has 0 fully saturated rings. The Hall–Kier alpha value is -2.86. The minimum absolute atomic E-state index is 0.0765. The Balaban J connectivity index is 1.59. The summed E-state index contributed by atoms with van der Waals surface area (Å²) in [6.07, 6.45) is 0. The number of hydrogen-bond donors (Lipinski definition) is 0. The second-order valence-corrected chi connectivity index (χ2v) is 9.12. The molecule has 1 aromatic heterocycles. The maximum absolute atomic E-state index is 12.5. The lowest BCUT2D eigenvalue weighted by molar-refractivity contribution is -0.132. The molecule has 0 atom stereocenters. The molecule has 0 aliphatic heterocycles. The lowest BCUT2D eigenvalue weighted by Crippen LogP contribution is -2.31. The minimum atomic E-state index is -0.195. The van der Waals surface area contributed by atoms with E-state index in [0.717, 1.165) is 16.7 Å². The number of rotatable bonds is 6. The van der Waals surface area contributed by atoms with Crippen LogP contribution in [0.25, 0.3) is 11.5 Å². The van der Waals surface area contributed by atoms with E-state index < -0.39 is 0 Å². The zero-order valence-electron chi connectivity index (χ0n) is 18.8. The first-order valence-corrected chi connectivity index (χ1v) is 10.5. The van der Waals surface area contributed by atoms with Crippen LogP contribution in [0.1, 0.15) is 43.4 Å². The molecule has 0 saturated heterocycles. The lowest BCUT2D eigenvalue weighted by atomic mass is 9.87. The van der Waals surface area contributed by atoms with E-state index in [-0.39, 0.29) is 24.5 Å². The van der Waals surface area contributed by atoms with Gasteiger partial charge < -0.3 is 14.1 Å².